The van der Waals surface area contributed by atoms with Crippen LogP contribution in [-0.4, -0.2) is 65.6 Å². The minimum absolute atomic E-state index is 0.0219. The van der Waals surface area contributed by atoms with Gasteiger partial charge in [0.1, 0.15) is 17.3 Å². The predicted octanol–water partition coefficient (Wildman–Crippen LogP) is 3.45. The Morgan fingerprint density at radius 2 is 1.75 bits per heavy atom. The first-order valence-corrected chi connectivity index (χ1v) is 10.8. The molecule has 7 nitrogen and oxygen atoms in total. The van der Waals surface area contributed by atoms with Gasteiger partial charge in [-0.2, -0.15) is 0 Å². The second-order valence-electron chi connectivity index (χ2n) is 8.02. The van der Waals surface area contributed by atoms with Crippen LogP contribution < -0.4 is 9.47 Å². The van der Waals surface area contributed by atoms with Gasteiger partial charge in [-0.3, -0.25) is 9.69 Å². The smallest absolute Gasteiger partial charge is 0.260 e. The van der Waals surface area contributed by atoms with Crippen LogP contribution in [-0.2, 0) is 11.3 Å². The van der Waals surface area contributed by atoms with Gasteiger partial charge in [-0.25, -0.2) is 4.98 Å². The van der Waals surface area contributed by atoms with Gasteiger partial charge in [0.05, 0.1) is 24.7 Å². The highest BCUT2D eigenvalue weighted by molar-refractivity contribution is 5.84. The molecule has 1 saturated heterocycles. The molecule has 0 unspecified atom stereocenters. The maximum absolute atomic E-state index is 12.6. The van der Waals surface area contributed by atoms with Gasteiger partial charge in [-0.05, 0) is 35.0 Å². The van der Waals surface area contributed by atoms with Gasteiger partial charge in [-0.1, -0.05) is 30.3 Å². The Morgan fingerprint density at radius 3 is 2.56 bits per heavy atom. The number of benzene rings is 3. The molecular weight excluding hydrogens is 404 g/mol. The van der Waals surface area contributed by atoms with Gasteiger partial charge in [0.2, 0.25) is 0 Å². The van der Waals surface area contributed by atoms with Crippen molar-refractivity contribution in [3.63, 3.8) is 0 Å². The van der Waals surface area contributed by atoms with Crippen molar-refractivity contribution in [2.24, 2.45) is 0 Å². The van der Waals surface area contributed by atoms with Crippen molar-refractivity contribution in [1.82, 2.24) is 19.8 Å². The van der Waals surface area contributed by atoms with E-state index in [1.54, 1.807) is 7.11 Å². The Bertz CT molecular complexity index is 1240. The number of nitrogens with zero attached hydrogens (tertiary/aromatic N) is 3. The van der Waals surface area contributed by atoms with E-state index in [1.165, 1.54) is 0 Å². The zero-order valence-electron chi connectivity index (χ0n) is 18.1. The fourth-order valence-electron chi connectivity index (χ4n) is 4.10. The predicted molar refractivity (Wildman–Crippen MR) is 124 cm³/mol. The number of carbonyl (C=O) groups excluding carboxylic acids is 1. The molecular formula is C25H26N4O3. The molecule has 1 amide bonds. The van der Waals surface area contributed by atoms with Gasteiger partial charge >= 0.3 is 0 Å². The molecule has 32 heavy (non-hydrogen) atoms. The van der Waals surface area contributed by atoms with Gasteiger partial charge in [0.25, 0.3) is 5.91 Å². The summed E-state index contributed by atoms with van der Waals surface area (Å²) in [5.74, 6) is 2.48. The van der Waals surface area contributed by atoms with Crippen molar-refractivity contribution in [2.75, 3.05) is 39.9 Å². The molecule has 0 saturated carbocycles. The molecule has 1 fully saturated rings. The SMILES string of the molecule is COc1ccc2nc(CN3CCN(C(=O)COc4ccc5ccccc5c4)CC3)[nH]c2c1. The number of imidazole rings is 1. The fraction of sp³-hybridized carbons (Fsp3) is 0.280. The third kappa shape index (κ3) is 4.38. The van der Waals surface area contributed by atoms with Crippen molar-refractivity contribution in [1.29, 1.82) is 0 Å². The Labute approximate surface area is 186 Å². The van der Waals surface area contributed by atoms with Crippen LogP contribution in [0.5, 0.6) is 11.5 Å². The fourth-order valence-corrected chi connectivity index (χ4v) is 4.10. The topological polar surface area (TPSA) is 70.7 Å². The number of methoxy groups -OCH3 is 1. The number of ether oxygens (including phenoxy) is 2. The molecule has 0 aliphatic carbocycles. The van der Waals surface area contributed by atoms with E-state index >= 15 is 0 Å². The summed E-state index contributed by atoms with van der Waals surface area (Å²) < 4.78 is 11.1. The third-order valence-electron chi connectivity index (χ3n) is 5.92. The monoisotopic (exact) mass is 430 g/mol. The summed E-state index contributed by atoms with van der Waals surface area (Å²) in [5.41, 5.74) is 1.90. The van der Waals surface area contributed by atoms with E-state index in [4.69, 9.17) is 9.47 Å². The summed E-state index contributed by atoms with van der Waals surface area (Å²) in [4.78, 5) is 24.9. The molecule has 5 rings (SSSR count). The number of H-pyrrole nitrogens is 1. The highest BCUT2D eigenvalue weighted by atomic mass is 16.5. The summed E-state index contributed by atoms with van der Waals surface area (Å²) in [6, 6.07) is 19.8. The number of aromatic nitrogens is 2. The van der Waals surface area contributed by atoms with E-state index in [0.717, 1.165) is 58.8 Å². The van der Waals surface area contributed by atoms with Gasteiger partial charge in [0.15, 0.2) is 6.61 Å². The van der Waals surface area contributed by atoms with Crippen molar-refractivity contribution in [2.45, 2.75) is 6.54 Å². The molecule has 2 heterocycles. The standard InChI is InChI=1S/C25H26N4O3/c1-31-20-8-9-22-23(15-20)27-24(26-22)16-28-10-12-29(13-11-28)25(30)17-32-21-7-6-18-4-2-3-5-19(18)14-21/h2-9,14-15H,10-13,16-17H2,1H3,(H,26,27). The van der Waals surface area contributed by atoms with Gasteiger partial charge < -0.3 is 19.4 Å². The molecule has 0 bridgehead atoms. The second-order valence-corrected chi connectivity index (χ2v) is 8.02. The number of aromatic amines is 1. The number of nitrogens with one attached hydrogen (secondary N) is 1. The summed E-state index contributed by atoms with van der Waals surface area (Å²) >= 11 is 0. The zero-order chi connectivity index (χ0) is 21.9. The van der Waals surface area contributed by atoms with Crippen LogP contribution in [0.2, 0.25) is 0 Å². The van der Waals surface area contributed by atoms with E-state index in [9.17, 15) is 4.79 Å². The van der Waals surface area contributed by atoms with Crippen LogP contribution in [0.3, 0.4) is 0 Å². The van der Waals surface area contributed by atoms with Gasteiger partial charge in [0, 0.05) is 32.2 Å². The summed E-state index contributed by atoms with van der Waals surface area (Å²) in [6.45, 7) is 3.78. The van der Waals surface area contributed by atoms with Crippen molar-refractivity contribution in [3.05, 3.63) is 66.5 Å². The number of carbonyl (C=O) groups is 1. The average Bonchev–Trinajstić information content (AvgIpc) is 3.24. The van der Waals surface area contributed by atoms with Crippen molar-refractivity contribution >= 4 is 27.7 Å². The molecule has 1 aliphatic rings. The lowest BCUT2D eigenvalue weighted by Gasteiger charge is -2.34. The first-order chi connectivity index (χ1) is 15.7. The summed E-state index contributed by atoms with van der Waals surface area (Å²) in [7, 11) is 1.66. The van der Waals surface area contributed by atoms with E-state index in [-0.39, 0.29) is 12.5 Å². The number of fused-ring (bicyclic) bond motifs is 2. The van der Waals surface area contributed by atoms with Crippen LogP contribution >= 0.6 is 0 Å². The Balaban J connectivity index is 1.12. The molecule has 7 heteroatoms. The molecule has 1 N–H and O–H groups in total. The molecule has 0 radical (unpaired) electrons. The van der Waals surface area contributed by atoms with E-state index in [0.29, 0.717) is 13.1 Å². The average molecular weight is 431 g/mol. The Morgan fingerprint density at radius 1 is 0.969 bits per heavy atom. The first kappa shape index (κ1) is 20.3. The molecule has 0 spiro atoms. The largest absolute Gasteiger partial charge is 0.497 e. The van der Waals surface area contributed by atoms with Crippen molar-refractivity contribution in [3.8, 4) is 11.5 Å². The lowest BCUT2D eigenvalue weighted by Crippen LogP contribution is -2.49. The number of hydrogen-bond donors (Lipinski definition) is 1. The summed E-state index contributed by atoms with van der Waals surface area (Å²) in [5, 5.41) is 2.26. The molecule has 1 aromatic heterocycles. The van der Waals surface area contributed by atoms with Crippen LogP contribution in [0.25, 0.3) is 21.8 Å². The number of amides is 1. The van der Waals surface area contributed by atoms with Crippen LogP contribution in [0, 0.1) is 0 Å². The lowest BCUT2D eigenvalue weighted by molar-refractivity contribution is -0.135. The number of hydrogen-bond acceptors (Lipinski definition) is 5. The molecule has 1 aliphatic heterocycles. The van der Waals surface area contributed by atoms with Gasteiger partial charge in [-0.15, -0.1) is 0 Å². The van der Waals surface area contributed by atoms with Crippen molar-refractivity contribution < 1.29 is 14.3 Å². The zero-order valence-corrected chi connectivity index (χ0v) is 18.1. The number of piperazine rings is 1. The highest BCUT2D eigenvalue weighted by Crippen LogP contribution is 2.21. The quantitative estimate of drug-likeness (QED) is 0.507. The maximum atomic E-state index is 12.6. The second kappa shape index (κ2) is 8.88. The van der Waals surface area contributed by atoms with E-state index in [1.807, 2.05) is 59.5 Å². The highest BCUT2D eigenvalue weighted by Gasteiger charge is 2.22. The number of rotatable bonds is 6. The normalized spacial score (nSPS) is 14.7. The minimum Gasteiger partial charge on any atom is -0.497 e. The molecule has 0 atom stereocenters. The first-order valence-electron chi connectivity index (χ1n) is 10.8. The third-order valence-corrected chi connectivity index (χ3v) is 5.92. The van der Waals surface area contributed by atoms with Crippen LogP contribution in [0.4, 0.5) is 0 Å². The summed E-state index contributed by atoms with van der Waals surface area (Å²) in [6.07, 6.45) is 0. The molecule has 4 aromatic rings. The van der Waals surface area contributed by atoms with Crippen LogP contribution in [0.1, 0.15) is 5.82 Å². The molecule has 3 aromatic carbocycles. The molecule has 164 valence electrons. The van der Waals surface area contributed by atoms with E-state index < -0.39 is 0 Å². The van der Waals surface area contributed by atoms with Crippen LogP contribution in [0.15, 0.2) is 60.7 Å². The minimum atomic E-state index is 0.0219. The maximum Gasteiger partial charge on any atom is 0.260 e. The van der Waals surface area contributed by atoms with E-state index in [2.05, 4.69) is 20.9 Å². The Hall–Kier alpha value is -3.58. The Kier molecular flexibility index (Phi) is 5.64. The lowest BCUT2D eigenvalue weighted by atomic mass is 10.1.